The Morgan fingerprint density at radius 3 is 2.18 bits per heavy atom. The molecule has 17 heteroatoms. The number of aromatic nitrogens is 2. The first-order valence-electron chi connectivity index (χ1n) is 20.5. The molecule has 1 fully saturated rings. The second kappa shape index (κ2) is 22.8. The van der Waals surface area contributed by atoms with Crippen LogP contribution >= 0.6 is 8.53 Å². The van der Waals surface area contributed by atoms with Gasteiger partial charge in [0.15, 0.2) is 6.23 Å². The molecule has 1 saturated heterocycles. The lowest BCUT2D eigenvalue weighted by molar-refractivity contribution is -0.124. The van der Waals surface area contributed by atoms with Crippen molar-refractivity contribution in [3.63, 3.8) is 0 Å². The van der Waals surface area contributed by atoms with Crippen molar-refractivity contribution in [1.29, 1.82) is 5.26 Å². The molecule has 62 heavy (non-hydrogen) atoms. The molecule has 0 bridgehead atoms. The van der Waals surface area contributed by atoms with Gasteiger partial charge in [-0.25, -0.2) is 9.46 Å². The maximum atomic E-state index is 13.8. The second-order valence-electron chi connectivity index (χ2n) is 15.1. The number of methoxy groups -OCH3 is 1. The highest BCUT2D eigenvalue weighted by Gasteiger charge is 2.51. The summed E-state index contributed by atoms with van der Waals surface area (Å²) >= 11 is 0. The molecule has 332 valence electrons. The number of carbonyl (C=O) groups excluding carboxylic acids is 2. The number of benzene rings is 3. The molecule has 2 amide bonds. The number of nitriles is 1. The predicted octanol–water partition coefficient (Wildman–Crippen LogP) is 5.79. The first-order chi connectivity index (χ1) is 29.9. The monoisotopic (exact) mass is 872 g/mol. The maximum absolute atomic E-state index is 13.8. The van der Waals surface area contributed by atoms with Crippen molar-refractivity contribution < 1.29 is 42.7 Å². The number of hydrogen-bond acceptors (Lipinski definition) is 13. The van der Waals surface area contributed by atoms with Gasteiger partial charge in [-0.15, -0.1) is 0 Å². The topological polar surface area (TPSA) is 196 Å². The van der Waals surface area contributed by atoms with E-state index >= 15 is 0 Å². The highest BCUT2D eigenvalue weighted by molar-refractivity contribution is 7.44. The summed E-state index contributed by atoms with van der Waals surface area (Å²) in [5.74, 6) is 0.0391. The summed E-state index contributed by atoms with van der Waals surface area (Å²) in [7, 11) is 1.22. The summed E-state index contributed by atoms with van der Waals surface area (Å²) in [5.41, 5.74) is 0.991. The zero-order valence-electron chi connectivity index (χ0n) is 36.2. The molecular formula is C45H57N6O10P. The van der Waals surface area contributed by atoms with Gasteiger partial charge in [-0.1, -0.05) is 66.7 Å². The molecule has 4 aromatic rings. The van der Waals surface area contributed by atoms with E-state index in [1.165, 1.54) is 30.8 Å². The van der Waals surface area contributed by atoms with Crippen molar-refractivity contribution in [3.05, 3.63) is 124 Å². The van der Waals surface area contributed by atoms with E-state index in [9.17, 15) is 24.8 Å². The summed E-state index contributed by atoms with van der Waals surface area (Å²) in [5, 5.41) is 24.6. The van der Waals surface area contributed by atoms with Crippen LogP contribution in [-0.4, -0.2) is 95.5 Å². The van der Waals surface area contributed by atoms with Crippen LogP contribution in [0.15, 0.2) is 95.9 Å². The van der Waals surface area contributed by atoms with Gasteiger partial charge in [-0.3, -0.25) is 14.2 Å². The summed E-state index contributed by atoms with van der Waals surface area (Å²) in [6.07, 6.45) is -2.60. The van der Waals surface area contributed by atoms with E-state index in [-0.39, 0.29) is 63.1 Å². The number of nitrogens with zero attached hydrogens (tertiary/aromatic N) is 4. The van der Waals surface area contributed by atoms with Gasteiger partial charge in [0.25, 0.3) is 8.53 Å². The van der Waals surface area contributed by atoms with E-state index in [4.69, 9.17) is 28.0 Å². The van der Waals surface area contributed by atoms with Gasteiger partial charge in [0.2, 0.25) is 11.8 Å². The van der Waals surface area contributed by atoms with Gasteiger partial charge < -0.3 is 43.7 Å². The van der Waals surface area contributed by atoms with Crippen LogP contribution in [0.1, 0.15) is 75.9 Å². The van der Waals surface area contributed by atoms with Crippen molar-refractivity contribution in [2.75, 3.05) is 39.3 Å². The fraction of sp³-hybridized carbons (Fsp3) is 0.444. The van der Waals surface area contributed by atoms with Gasteiger partial charge in [0.05, 0.1) is 46.0 Å². The smallest absolute Gasteiger partial charge is 0.351 e. The van der Waals surface area contributed by atoms with Crippen LogP contribution in [0.4, 0.5) is 5.82 Å². The highest BCUT2D eigenvalue weighted by atomic mass is 31.2. The summed E-state index contributed by atoms with van der Waals surface area (Å²) in [6.45, 7) is 9.12. The fourth-order valence-electron chi connectivity index (χ4n) is 7.34. The fourth-order valence-corrected chi connectivity index (χ4v) is 9.11. The highest BCUT2D eigenvalue weighted by Crippen LogP contribution is 2.51. The third kappa shape index (κ3) is 11.7. The van der Waals surface area contributed by atoms with Crippen molar-refractivity contribution in [1.82, 2.24) is 19.5 Å². The van der Waals surface area contributed by atoms with Crippen LogP contribution in [0.5, 0.6) is 5.75 Å². The average Bonchev–Trinajstić information content (AvgIpc) is 3.59. The first-order valence-corrected chi connectivity index (χ1v) is 21.6. The molecule has 1 aliphatic rings. The van der Waals surface area contributed by atoms with Crippen molar-refractivity contribution in [2.24, 2.45) is 0 Å². The van der Waals surface area contributed by atoms with Crippen LogP contribution in [0.2, 0.25) is 0 Å². The summed E-state index contributed by atoms with van der Waals surface area (Å²) in [4.78, 5) is 42.2. The van der Waals surface area contributed by atoms with E-state index in [2.05, 4.69) is 26.4 Å². The van der Waals surface area contributed by atoms with Gasteiger partial charge in [0, 0.05) is 38.7 Å². The van der Waals surface area contributed by atoms with Gasteiger partial charge >= 0.3 is 5.69 Å². The van der Waals surface area contributed by atoms with E-state index in [1.807, 2.05) is 107 Å². The molecule has 6 atom stereocenters. The maximum Gasteiger partial charge on any atom is 0.351 e. The number of nitrogens with one attached hydrogen (secondary N) is 2. The lowest BCUT2D eigenvalue weighted by atomic mass is 9.79. The molecule has 0 aliphatic carbocycles. The minimum absolute atomic E-state index is 0.00179. The standard InChI is InChI=1S/C45H57N6O10P/c1-30(2)51(31(3)4)62(59-26-11-24-46)61-41-38(60-43(42(41)57-27-23-40(54)47-6)50-25-22-39(48-32(5)53)49-44(50)55)29-58-45(34-12-9-8-10-13-34,35-16-14-33(28-52)15-17-35)36-18-20-37(56-7)21-19-36/h8-10,12-22,25,30-31,38,41-43,52H,11,23,26-29H2,1-7H3,(H,47,54)(H,48,49,53,55)/t38-,41+,42?,43-,45?,62?/m1/s1. The molecule has 3 unspecified atom stereocenters. The van der Waals surface area contributed by atoms with Gasteiger partial charge in [0.1, 0.15) is 35.5 Å². The molecule has 1 aromatic heterocycles. The molecule has 0 saturated carbocycles. The van der Waals surface area contributed by atoms with E-state index in [1.54, 1.807) is 7.11 Å². The number of aliphatic hydroxyl groups is 1. The van der Waals surface area contributed by atoms with E-state index in [0.29, 0.717) is 11.3 Å². The van der Waals surface area contributed by atoms with Crippen molar-refractivity contribution in [3.8, 4) is 11.8 Å². The lowest BCUT2D eigenvalue weighted by Gasteiger charge is -2.39. The Kier molecular flexibility index (Phi) is 17.7. The molecule has 5 rings (SSSR count). The van der Waals surface area contributed by atoms with E-state index < -0.39 is 50.3 Å². The molecule has 3 aromatic carbocycles. The Balaban J connectivity index is 1.69. The van der Waals surface area contributed by atoms with Gasteiger partial charge in [-0.05, 0) is 68.1 Å². The third-order valence-corrected chi connectivity index (χ3v) is 12.3. The normalized spacial score (nSPS) is 18.9. The van der Waals surface area contributed by atoms with Crippen LogP contribution in [0, 0.1) is 11.3 Å². The van der Waals surface area contributed by atoms with Crippen molar-refractivity contribution in [2.45, 2.75) is 96.3 Å². The zero-order valence-corrected chi connectivity index (χ0v) is 37.1. The second-order valence-corrected chi connectivity index (χ2v) is 16.5. The molecule has 3 N–H and O–H groups in total. The number of hydrogen-bond donors (Lipinski definition) is 3. The minimum Gasteiger partial charge on any atom is -0.497 e. The lowest BCUT2D eigenvalue weighted by Crippen LogP contribution is -2.43. The van der Waals surface area contributed by atoms with E-state index in [0.717, 1.165) is 16.7 Å². The Hall–Kier alpha value is -5.08. The number of aliphatic hydroxyl groups excluding tert-OH is 1. The quantitative estimate of drug-likeness (QED) is 0.0488. The molecule has 1 aliphatic heterocycles. The van der Waals surface area contributed by atoms with Crippen LogP contribution in [0.25, 0.3) is 0 Å². The Labute approximate surface area is 364 Å². The SMILES string of the molecule is CNC(=O)CCOC1[C@@H](OP(OCCC#N)N(C(C)C)C(C)C)[C@@H](COC(c2ccccc2)(c2ccc(CO)cc2)c2ccc(OC)cc2)O[C@H]1n1ccc(NC(C)=O)nc1=O. The van der Waals surface area contributed by atoms with Crippen LogP contribution < -0.4 is 21.1 Å². The molecular weight excluding hydrogens is 816 g/mol. The summed E-state index contributed by atoms with van der Waals surface area (Å²) in [6, 6.07) is 28.3. The molecule has 0 radical (unpaired) electrons. The Morgan fingerprint density at radius 1 is 0.968 bits per heavy atom. The number of anilines is 1. The minimum atomic E-state index is -1.90. The largest absolute Gasteiger partial charge is 0.497 e. The van der Waals surface area contributed by atoms with Gasteiger partial charge in [-0.2, -0.15) is 10.2 Å². The number of ether oxygens (including phenoxy) is 4. The third-order valence-electron chi connectivity index (χ3n) is 10.2. The molecule has 2 heterocycles. The number of rotatable bonds is 22. The van der Waals surface area contributed by atoms with Crippen LogP contribution in [-0.2, 0) is 45.1 Å². The van der Waals surface area contributed by atoms with Crippen LogP contribution in [0.3, 0.4) is 0 Å². The number of amides is 2. The molecule has 0 spiro atoms. The molecule has 16 nitrogen and oxygen atoms in total. The first kappa shape index (κ1) is 48.0. The Morgan fingerprint density at radius 2 is 1.61 bits per heavy atom. The average molecular weight is 873 g/mol. The summed E-state index contributed by atoms with van der Waals surface area (Å²) < 4.78 is 43.0. The number of carbonyl (C=O) groups is 2. The predicted molar refractivity (Wildman–Crippen MR) is 233 cm³/mol. The Bertz CT molecular complexity index is 2090. The van der Waals surface area contributed by atoms with Crippen molar-refractivity contribution >= 4 is 26.2 Å². The zero-order chi connectivity index (χ0) is 44.8.